The quantitative estimate of drug-likeness (QED) is 0.721. The van der Waals surface area contributed by atoms with Crippen molar-refractivity contribution in [1.29, 1.82) is 0 Å². The summed E-state index contributed by atoms with van der Waals surface area (Å²) in [5.74, 6) is -0.356. The van der Waals surface area contributed by atoms with Gasteiger partial charge in [0.2, 0.25) is 0 Å². The van der Waals surface area contributed by atoms with E-state index in [4.69, 9.17) is 15.5 Å². The van der Waals surface area contributed by atoms with Gasteiger partial charge in [0, 0.05) is 21.5 Å². The highest BCUT2D eigenvalue weighted by atomic mass is 32.1. The number of nitrogens with two attached hydrogens (primary N) is 1. The van der Waals surface area contributed by atoms with Crippen LogP contribution in [0.15, 0.2) is 17.5 Å². The Morgan fingerprint density at radius 2 is 2.30 bits per heavy atom. The Morgan fingerprint density at radius 3 is 3.04 bits per heavy atom. The average molecular weight is 344 g/mol. The predicted octanol–water partition coefficient (Wildman–Crippen LogP) is 4.27. The third-order valence-electron chi connectivity index (χ3n) is 4.13. The number of hydrogen-bond donors (Lipinski definition) is 1. The number of ether oxygens (including phenoxy) is 1. The monoisotopic (exact) mass is 344 g/mol. The fourth-order valence-corrected chi connectivity index (χ4v) is 5.01. The van der Waals surface area contributed by atoms with Crippen molar-refractivity contribution < 1.29 is 9.53 Å². The standard InChI is InChI=1S/C17H16N2O2S2/c1-2-21-17(20)15-14(18)13-12(11-7-4-8-22-11)9-5-3-6-10(9)19-16(13)23-15/h4,7-8H,2-3,5-6,18H2,1H3. The van der Waals surface area contributed by atoms with Crippen LogP contribution in [-0.2, 0) is 17.6 Å². The molecule has 0 aromatic carbocycles. The minimum atomic E-state index is -0.356. The van der Waals surface area contributed by atoms with Gasteiger partial charge in [0.1, 0.15) is 9.71 Å². The Hall–Kier alpha value is -1.92. The van der Waals surface area contributed by atoms with Crippen molar-refractivity contribution in [3.63, 3.8) is 0 Å². The Kier molecular flexibility index (Phi) is 3.58. The van der Waals surface area contributed by atoms with E-state index < -0.39 is 0 Å². The molecule has 0 bridgehead atoms. The van der Waals surface area contributed by atoms with Gasteiger partial charge in [-0.3, -0.25) is 0 Å². The third kappa shape index (κ3) is 2.24. The molecule has 3 aromatic heterocycles. The number of nitrogen functional groups attached to an aromatic ring is 1. The van der Waals surface area contributed by atoms with Crippen LogP contribution in [0.1, 0.15) is 34.3 Å². The summed E-state index contributed by atoms with van der Waals surface area (Å²) in [7, 11) is 0. The molecule has 6 heteroatoms. The molecule has 4 rings (SSSR count). The first-order valence-electron chi connectivity index (χ1n) is 7.65. The summed E-state index contributed by atoms with van der Waals surface area (Å²) in [6.07, 6.45) is 3.15. The zero-order valence-corrected chi connectivity index (χ0v) is 14.4. The normalized spacial score (nSPS) is 13.4. The summed E-state index contributed by atoms with van der Waals surface area (Å²) < 4.78 is 5.14. The number of esters is 1. The molecule has 0 atom stereocenters. The van der Waals surface area contributed by atoms with Crippen LogP contribution in [-0.4, -0.2) is 17.6 Å². The molecule has 1 aliphatic carbocycles. The number of carbonyl (C=O) groups excluding carboxylic acids is 1. The molecule has 3 aromatic rings. The number of rotatable bonds is 3. The Bertz CT molecular complexity index is 897. The Morgan fingerprint density at radius 1 is 1.43 bits per heavy atom. The smallest absolute Gasteiger partial charge is 0.350 e. The predicted molar refractivity (Wildman–Crippen MR) is 95.3 cm³/mol. The number of hydrogen-bond acceptors (Lipinski definition) is 6. The van der Waals surface area contributed by atoms with Crippen LogP contribution in [0.25, 0.3) is 20.7 Å². The second kappa shape index (κ2) is 5.62. The molecular weight excluding hydrogens is 328 g/mol. The highest BCUT2D eigenvalue weighted by Gasteiger charge is 2.27. The van der Waals surface area contributed by atoms with Crippen molar-refractivity contribution in [2.75, 3.05) is 12.3 Å². The van der Waals surface area contributed by atoms with Crippen molar-refractivity contribution in [3.05, 3.63) is 33.6 Å². The van der Waals surface area contributed by atoms with Crippen molar-refractivity contribution in [1.82, 2.24) is 4.98 Å². The van der Waals surface area contributed by atoms with Gasteiger partial charge in [0.15, 0.2) is 0 Å². The van der Waals surface area contributed by atoms with Gasteiger partial charge in [-0.25, -0.2) is 9.78 Å². The van der Waals surface area contributed by atoms with E-state index >= 15 is 0 Å². The highest BCUT2D eigenvalue weighted by Crippen LogP contribution is 2.45. The zero-order valence-electron chi connectivity index (χ0n) is 12.7. The van der Waals surface area contributed by atoms with Crippen molar-refractivity contribution in [2.45, 2.75) is 26.2 Å². The van der Waals surface area contributed by atoms with Crippen LogP contribution in [0.2, 0.25) is 0 Å². The highest BCUT2D eigenvalue weighted by molar-refractivity contribution is 7.21. The SMILES string of the molecule is CCOC(=O)c1sc2nc3c(c(-c4cccs4)c2c1N)CCC3. The number of pyridine rings is 1. The van der Waals surface area contributed by atoms with Gasteiger partial charge in [-0.15, -0.1) is 22.7 Å². The molecule has 1 aliphatic rings. The molecule has 0 aliphatic heterocycles. The van der Waals surface area contributed by atoms with Crippen molar-refractivity contribution in [3.8, 4) is 10.4 Å². The maximum absolute atomic E-state index is 12.2. The van der Waals surface area contributed by atoms with Gasteiger partial charge in [-0.1, -0.05) is 6.07 Å². The number of thiophene rings is 2. The lowest BCUT2D eigenvalue weighted by atomic mass is 10.0. The van der Waals surface area contributed by atoms with E-state index in [1.165, 1.54) is 27.3 Å². The zero-order chi connectivity index (χ0) is 16.0. The second-order valence-corrected chi connectivity index (χ2v) is 7.44. The Labute approximate surface area is 141 Å². The molecule has 0 saturated heterocycles. The van der Waals surface area contributed by atoms with Crippen LogP contribution in [0, 0.1) is 0 Å². The van der Waals surface area contributed by atoms with Gasteiger partial charge < -0.3 is 10.5 Å². The minimum absolute atomic E-state index is 0.341. The molecule has 118 valence electrons. The lowest BCUT2D eigenvalue weighted by Crippen LogP contribution is -2.05. The van der Waals surface area contributed by atoms with E-state index in [2.05, 4.69) is 11.4 Å². The lowest BCUT2D eigenvalue weighted by molar-refractivity contribution is 0.0533. The van der Waals surface area contributed by atoms with Gasteiger partial charge in [0.25, 0.3) is 0 Å². The molecule has 0 unspecified atom stereocenters. The summed E-state index contributed by atoms with van der Waals surface area (Å²) in [5, 5.41) is 2.98. The number of carbonyl (C=O) groups is 1. The van der Waals surface area contributed by atoms with E-state index in [0.29, 0.717) is 17.2 Å². The maximum atomic E-state index is 12.2. The average Bonchev–Trinajstić information content (AvgIpc) is 3.25. The summed E-state index contributed by atoms with van der Waals surface area (Å²) in [6, 6.07) is 4.15. The number of nitrogens with zero attached hydrogens (tertiary/aromatic N) is 1. The minimum Gasteiger partial charge on any atom is -0.462 e. The molecule has 23 heavy (non-hydrogen) atoms. The molecule has 0 amide bonds. The molecule has 0 spiro atoms. The molecule has 2 N–H and O–H groups in total. The van der Waals surface area contributed by atoms with Crippen molar-refractivity contribution >= 4 is 44.5 Å². The van der Waals surface area contributed by atoms with E-state index in [1.54, 1.807) is 18.3 Å². The molecule has 3 heterocycles. The molecule has 0 radical (unpaired) electrons. The molecular formula is C17H16N2O2S2. The molecule has 4 nitrogen and oxygen atoms in total. The summed E-state index contributed by atoms with van der Waals surface area (Å²) in [5.41, 5.74) is 10.5. The van der Waals surface area contributed by atoms with E-state index in [9.17, 15) is 4.79 Å². The molecule has 0 saturated carbocycles. The Balaban J connectivity index is 2.03. The van der Waals surface area contributed by atoms with Crippen LogP contribution in [0.5, 0.6) is 0 Å². The first kappa shape index (κ1) is 14.7. The lowest BCUT2D eigenvalue weighted by Gasteiger charge is -2.09. The van der Waals surface area contributed by atoms with Gasteiger partial charge in [-0.05, 0) is 43.2 Å². The fraction of sp³-hybridized carbons (Fsp3) is 0.294. The third-order valence-corrected chi connectivity index (χ3v) is 6.10. The van der Waals surface area contributed by atoms with Crippen LogP contribution < -0.4 is 5.73 Å². The maximum Gasteiger partial charge on any atom is 0.350 e. The number of fused-ring (bicyclic) bond motifs is 2. The van der Waals surface area contributed by atoms with Crippen LogP contribution in [0.4, 0.5) is 5.69 Å². The number of anilines is 1. The second-order valence-electron chi connectivity index (χ2n) is 5.49. The topological polar surface area (TPSA) is 65.2 Å². The van der Waals surface area contributed by atoms with Crippen LogP contribution in [0.3, 0.4) is 0 Å². The number of aryl methyl sites for hydroxylation is 1. The largest absolute Gasteiger partial charge is 0.462 e. The van der Waals surface area contributed by atoms with Gasteiger partial charge >= 0.3 is 5.97 Å². The summed E-state index contributed by atoms with van der Waals surface area (Å²) in [4.78, 5) is 19.5. The summed E-state index contributed by atoms with van der Waals surface area (Å²) >= 11 is 3.04. The first-order valence-corrected chi connectivity index (χ1v) is 9.35. The first-order chi connectivity index (χ1) is 11.2. The fourth-order valence-electron chi connectivity index (χ4n) is 3.19. The molecule has 0 fully saturated rings. The van der Waals surface area contributed by atoms with Gasteiger partial charge in [0.05, 0.1) is 12.3 Å². The van der Waals surface area contributed by atoms with Crippen molar-refractivity contribution in [2.24, 2.45) is 0 Å². The van der Waals surface area contributed by atoms with Crippen LogP contribution >= 0.6 is 22.7 Å². The van der Waals surface area contributed by atoms with Gasteiger partial charge in [-0.2, -0.15) is 0 Å². The van der Waals surface area contributed by atoms with E-state index in [0.717, 1.165) is 35.2 Å². The van der Waals surface area contributed by atoms with E-state index in [-0.39, 0.29) is 5.97 Å². The number of aromatic nitrogens is 1. The van der Waals surface area contributed by atoms with E-state index in [1.807, 2.05) is 6.07 Å². The summed E-state index contributed by atoms with van der Waals surface area (Å²) in [6.45, 7) is 2.14.